The van der Waals surface area contributed by atoms with Crippen molar-refractivity contribution in [1.29, 1.82) is 0 Å². The molecule has 6 heteroatoms. The second-order valence-corrected chi connectivity index (χ2v) is 7.54. The van der Waals surface area contributed by atoms with Gasteiger partial charge in [0.1, 0.15) is 0 Å². The Bertz CT molecular complexity index is 635. The maximum Gasteiger partial charge on any atom is 0.331 e. The minimum absolute atomic E-state index is 0.0827. The minimum Gasteiger partial charge on any atom is -0.479 e. The van der Waals surface area contributed by atoms with Crippen LogP contribution >= 0.6 is 0 Å². The van der Waals surface area contributed by atoms with E-state index >= 15 is 0 Å². The van der Waals surface area contributed by atoms with Gasteiger partial charge in [-0.05, 0) is 56.8 Å². The zero-order valence-corrected chi connectivity index (χ0v) is 12.8. The Labute approximate surface area is 128 Å². The van der Waals surface area contributed by atoms with Crippen LogP contribution in [0.25, 0.3) is 0 Å². The number of amides is 1. The van der Waals surface area contributed by atoms with Gasteiger partial charge in [-0.25, -0.2) is 4.79 Å². The highest BCUT2D eigenvalue weighted by atomic mass is 16.4. The van der Waals surface area contributed by atoms with Gasteiger partial charge in [-0.15, -0.1) is 0 Å². The standard InChI is InChI=1S/C16H21N3O3/c1-16(2,15(21)22)19-7-10(6-17-19)18-14(20)13-11-8-3-4-9(5-8)12(11)13/h6-9,11-13H,3-5H2,1-2H3,(H,18,20)(H,21,22). The lowest BCUT2D eigenvalue weighted by atomic mass is 10.0. The molecule has 6 nitrogen and oxygen atoms in total. The lowest BCUT2D eigenvalue weighted by Gasteiger charge is -2.19. The zero-order chi connectivity index (χ0) is 15.6. The number of fused-ring (bicyclic) bond motifs is 5. The summed E-state index contributed by atoms with van der Waals surface area (Å²) in [5, 5.41) is 16.2. The summed E-state index contributed by atoms with van der Waals surface area (Å²) in [6.45, 7) is 3.16. The SMILES string of the molecule is CC(C)(C(=O)O)n1cc(NC(=O)C2C3C4CCC(C4)C23)cn1. The normalized spacial score (nSPS) is 35.3. The van der Waals surface area contributed by atoms with Gasteiger partial charge in [-0.2, -0.15) is 5.10 Å². The number of hydrogen-bond donors (Lipinski definition) is 2. The first-order valence-electron chi connectivity index (χ1n) is 7.99. The van der Waals surface area contributed by atoms with Gasteiger partial charge < -0.3 is 10.4 Å². The molecule has 2 N–H and O–H groups in total. The van der Waals surface area contributed by atoms with Crippen LogP contribution in [-0.4, -0.2) is 26.8 Å². The number of carboxylic acids is 1. The van der Waals surface area contributed by atoms with E-state index in [-0.39, 0.29) is 11.8 Å². The number of rotatable bonds is 4. The van der Waals surface area contributed by atoms with Crippen LogP contribution in [0.3, 0.4) is 0 Å². The highest BCUT2D eigenvalue weighted by molar-refractivity contribution is 5.95. The fourth-order valence-corrected chi connectivity index (χ4v) is 4.69. The molecule has 3 fully saturated rings. The monoisotopic (exact) mass is 303 g/mol. The average molecular weight is 303 g/mol. The maximum atomic E-state index is 12.4. The van der Waals surface area contributed by atoms with Crippen LogP contribution in [-0.2, 0) is 15.1 Å². The number of anilines is 1. The molecule has 1 aromatic rings. The van der Waals surface area contributed by atoms with Crippen molar-refractivity contribution in [2.45, 2.75) is 38.6 Å². The molecule has 4 rings (SSSR count). The van der Waals surface area contributed by atoms with Gasteiger partial charge in [0.25, 0.3) is 0 Å². The van der Waals surface area contributed by atoms with Crippen molar-refractivity contribution in [1.82, 2.24) is 9.78 Å². The van der Waals surface area contributed by atoms with Crippen LogP contribution in [0.4, 0.5) is 5.69 Å². The van der Waals surface area contributed by atoms with Gasteiger partial charge in [0.2, 0.25) is 5.91 Å². The molecule has 0 saturated heterocycles. The van der Waals surface area contributed by atoms with Gasteiger partial charge in [0.15, 0.2) is 5.54 Å². The molecule has 1 heterocycles. The molecule has 118 valence electrons. The molecule has 2 bridgehead atoms. The van der Waals surface area contributed by atoms with Crippen LogP contribution in [0, 0.1) is 29.6 Å². The van der Waals surface area contributed by atoms with Gasteiger partial charge in [-0.3, -0.25) is 9.48 Å². The highest BCUT2D eigenvalue weighted by Crippen LogP contribution is 2.69. The van der Waals surface area contributed by atoms with Gasteiger partial charge in [-0.1, -0.05) is 0 Å². The molecule has 0 spiro atoms. The molecule has 0 radical (unpaired) electrons. The summed E-state index contributed by atoms with van der Waals surface area (Å²) in [7, 11) is 0. The Morgan fingerprint density at radius 3 is 2.55 bits per heavy atom. The van der Waals surface area contributed by atoms with E-state index in [1.54, 1.807) is 20.0 Å². The first kappa shape index (κ1) is 13.8. The molecule has 3 saturated carbocycles. The molecular weight excluding hydrogens is 282 g/mol. The highest BCUT2D eigenvalue weighted by Gasteiger charge is 2.67. The van der Waals surface area contributed by atoms with Crippen LogP contribution < -0.4 is 5.32 Å². The predicted molar refractivity (Wildman–Crippen MR) is 79.1 cm³/mol. The van der Waals surface area contributed by atoms with Crippen molar-refractivity contribution in [3.05, 3.63) is 12.4 Å². The van der Waals surface area contributed by atoms with E-state index in [1.165, 1.54) is 30.1 Å². The van der Waals surface area contributed by atoms with E-state index in [2.05, 4.69) is 10.4 Å². The molecule has 4 atom stereocenters. The topological polar surface area (TPSA) is 84.2 Å². The number of aromatic nitrogens is 2. The van der Waals surface area contributed by atoms with Crippen LogP contribution in [0.15, 0.2) is 12.4 Å². The number of carboxylic acid groups (broad SMARTS) is 1. The smallest absolute Gasteiger partial charge is 0.331 e. The van der Waals surface area contributed by atoms with Crippen molar-refractivity contribution in [3.63, 3.8) is 0 Å². The number of carbonyl (C=O) groups excluding carboxylic acids is 1. The summed E-state index contributed by atoms with van der Waals surface area (Å²) in [5.41, 5.74) is -0.547. The Morgan fingerprint density at radius 1 is 1.32 bits per heavy atom. The first-order valence-corrected chi connectivity index (χ1v) is 7.99. The van der Waals surface area contributed by atoms with Crippen LogP contribution in [0.1, 0.15) is 33.1 Å². The molecule has 22 heavy (non-hydrogen) atoms. The Hall–Kier alpha value is -1.85. The lowest BCUT2D eigenvalue weighted by Crippen LogP contribution is -2.35. The average Bonchev–Trinajstić information content (AvgIpc) is 2.84. The van der Waals surface area contributed by atoms with E-state index in [1.807, 2.05) is 0 Å². The molecular formula is C16H21N3O3. The van der Waals surface area contributed by atoms with Crippen molar-refractivity contribution in [2.24, 2.45) is 29.6 Å². The molecule has 4 unspecified atom stereocenters. The fraction of sp³-hybridized carbons (Fsp3) is 0.688. The van der Waals surface area contributed by atoms with E-state index in [9.17, 15) is 14.7 Å². The number of hydrogen-bond acceptors (Lipinski definition) is 3. The van der Waals surface area contributed by atoms with Crippen molar-refractivity contribution in [2.75, 3.05) is 5.32 Å². The van der Waals surface area contributed by atoms with Crippen molar-refractivity contribution >= 4 is 17.6 Å². The fourth-order valence-electron chi connectivity index (χ4n) is 4.69. The number of nitrogens with one attached hydrogen (secondary N) is 1. The second kappa shape index (κ2) is 4.33. The number of carbonyl (C=O) groups is 2. The Balaban J connectivity index is 1.44. The number of aliphatic carboxylic acids is 1. The first-order chi connectivity index (χ1) is 10.4. The third kappa shape index (κ3) is 1.82. The van der Waals surface area contributed by atoms with E-state index in [0.717, 1.165) is 11.8 Å². The minimum atomic E-state index is -1.13. The summed E-state index contributed by atoms with van der Waals surface area (Å²) in [4.78, 5) is 23.7. The third-order valence-corrected chi connectivity index (χ3v) is 5.98. The quantitative estimate of drug-likeness (QED) is 0.890. The van der Waals surface area contributed by atoms with E-state index < -0.39 is 11.5 Å². The molecule has 1 amide bonds. The summed E-state index contributed by atoms with van der Waals surface area (Å²) >= 11 is 0. The van der Waals surface area contributed by atoms with Crippen LogP contribution in [0.2, 0.25) is 0 Å². The lowest BCUT2D eigenvalue weighted by molar-refractivity contribution is -0.146. The summed E-state index contributed by atoms with van der Waals surface area (Å²) in [5.74, 6) is 2.02. The number of nitrogens with zero attached hydrogens (tertiary/aromatic N) is 2. The molecule has 3 aliphatic carbocycles. The molecule has 3 aliphatic rings. The molecule has 0 aliphatic heterocycles. The summed E-state index contributed by atoms with van der Waals surface area (Å²) in [6, 6.07) is 0. The molecule has 1 aromatic heterocycles. The van der Waals surface area contributed by atoms with E-state index in [0.29, 0.717) is 17.5 Å². The van der Waals surface area contributed by atoms with E-state index in [4.69, 9.17) is 0 Å². The second-order valence-electron chi connectivity index (χ2n) is 7.54. The maximum absolute atomic E-state index is 12.4. The third-order valence-electron chi connectivity index (χ3n) is 5.98. The van der Waals surface area contributed by atoms with Gasteiger partial charge in [0, 0.05) is 12.1 Å². The van der Waals surface area contributed by atoms with Crippen molar-refractivity contribution in [3.8, 4) is 0 Å². The predicted octanol–water partition coefficient (Wildman–Crippen LogP) is 1.93. The van der Waals surface area contributed by atoms with Crippen molar-refractivity contribution < 1.29 is 14.7 Å². The van der Waals surface area contributed by atoms with Gasteiger partial charge in [0.05, 0.1) is 11.9 Å². The largest absolute Gasteiger partial charge is 0.479 e. The molecule has 0 aromatic carbocycles. The summed E-state index contributed by atoms with van der Waals surface area (Å²) < 4.78 is 1.38. The zero-order valence-electron chi connectivity index (χ0n) is 12.8. The van der Waals surface area contributed by atoms with Gasteiger partial charge >= 0.3 is 5.97 Å². The Kier molecular flexibility index (Phi) is 2.72. The van der Waals surface area contributed by atoms with Crippen LogP contribution in [0.5, 0.6) is 0 Å². The summed E-state index contributed by atoms with van der Waals surface area (Å²) in [6.07, 6.45) is 7.03. The Morgan fingerprint density at radius 2 is 1.95 bits per heavy atom.